The fraction of sp³-hybridized carbons (Fsp3) is 0.462. The maximum Gasteiger partial charge on any atom is 0.401 e. The molecule has 0 aromatic heterocycles. The van der Waals surface area contributed by atoms with Gasteiger partial charge in [-0.25, -0.2) is 0 Å². The van der Waals surface area contributed by atoms with Crippen LogP contribution in [-0.2, 0) is 0 Å². The molecular formula is C13H13BrClF3N2O. The maximum atomic E-state index is 12.4. The second-order valence-electron chi connectivity index (χ2n) is 4.78. The van der Waals surface area contributed by atoms with Crippen LogP contribution in [-0.4, -0.2) is 54.6 Å². The minimum atomic E-state index is -4.21. The average Bonchev–Trinajstić information content (AvgIpc) is 2.40. The van der Waals surface area contributed by atoms with Crippen LogP contribution in [0.4, 0.5) is 13.2 Å². The number of rotatable bonds is 2. The van der Waals surface area contributed by atoms with Crippen molar-refractivity contribution in [1.29, 1.82) is 0 Å². The van der Waals surface area contributed by atoms with Gasteiger partial charge in [0.15, 0.2) is 0 Å². The molecule has 1 aliphatic rings. The second kappa shape index (κ2) is 6.54. The van der Waals surface area contributed by atoms with Gasteiger partial charge < -0.3 is 4.90 Å². The lowest BCUT2D eigenvalue weighted by Gasteiger charge is -2.35. The van der Waals surface area contributed by atoms with Crippen molar-refractivity contribution in [3.8, 4) is 0 Å². The predicted molar refractivity (Wildman–Crippen MR) is 77.6 cm³/mol. The van der Waals surface area contributed by atoms with Crippen molar-refractivity contribution in [2.45, 2.75) is 6.18 Å². The number of amides is 1. The summed E-state index contributed by atoms with van der Waals surface area (Å²) in [6, 6.07) is 4.96. The predicted octanol–water partition coefficient (Wildman–Crippen LogP) is 3.42. The first-order valence-corrected chi connectivity index (χ1v) is 7.47. The number of carbonyl (C=O) groups excluding carboxylic acids is 1. The maximum absolute atomic E-state index is 12.4. The summed E-state index contributed by atoms with van der Waals surface area (Å²) >= 11 is 9.20. The van der Waals surface area contributed by atoms with Gasteiger partial charge in [-0.15, -0.1) is 0 Å². The molecule has 1 heterocycles. The summed E-state index contributed by atoms with van der Waals surface area (Å²) in [7, 11) is 0. The average molecular weight is 386 g/mol. The van der Waals surface area contributed by atoms with Crippen LogP contribution in [0.25, 0.3) is 0 Å². The van der Waals surface area contributed by atoms with E-state index in [1.54, 1.807) is 23.1 Å². The summed E-state index contributed by atoms with van der Waals surface area (Å²) < 4.78 is 37.5. The molecule has 2 rings (SSSR count). The van der Waals surface area contributed by atoms with Crippen molar-refractivity contribution >= 4 is 33.4 Å². The van der Waals surface area contributed by atoms with Gasteiger partial charge in [0.1, 0.15) is 0 Å². The minimum Gasteiger partial charge on any atom is -0.336 e. The molecule has 0 N–H and O–H groups in total. The molecule has 0 radical (unpaired) electrons. The molecular weight excluding hydrogens is 373 g/mol. The number of nitrogens with zero attached hydrogens (tertiary/aromatic N) is 2. The Balaban J connectivity index is 1.99. The van der Waals surface area contributed by atoms with Crippen LogP contribution >= 0.6 is 27.5 Å². The molecule has 0 spiro atoms. The molecule has 0 saturated carbocycles. The molecule has 8 heteroatoms. The summed E-state index contributed by atoms with van der Waals surface area (Å²) in [6.45, 7) is 0.0322. The van der Waals surface area contributed by atoms with Gasteiger partial charge in [0, 0.05) is 30.7 Å². The normalized spacial score (nSPS) is 17.1. The van der Waals surface area contributed by atoms with Crippen LogP contribution in [0.1, 0.15) is 10.4 Å². The van der Waals surface area contributed by atoms with Crippen molar-refractivity contribution in [2.75, 3.05) is 32.7 Å². The first-order valence-electron chi connectivity index (χ1n) is 6.30. The lowest BCUT2D eigenvalue weighted by molar-refractivity contribution is -0.148. The van der Waals surface area contributed by atoms with Crippen LogP contribution in [0.3, 0.4) is 0 Å². The fourth-order valence-corrected chi connectivity index (χ4v) is 2.81. The zero-order valence-electron chi connectivity index (χ0n) is 11.0. The third-order valence-corrected chi connectivity index (χ3v) is 4.64. The lowest BCUT2D eigenvalue weighted by atomic mass is 10.2. The lowest BCUT2D eigenvalue weighted by Crippen LogP contribution is -2.51. The van der Waals surface area contributed by atoms with E-state index in [0.29, 0.717) is 15.1 Å². The second-order valence-corrected chi connectivity index (χ2v) is 5.99. The Labute approximate surface area is 133 Å². The quantitative estimate of drug-likeness (QED) is 0.779. The highest BCUT2D eigenvalue weighted by atomic mass is 79.9. The molecule has 0 unspecified atom stereocenters. The zero-order chi connectivity index (χ0) is 15.6. The van der Waals surface area contributed by atoms with Gasteiger partial charge in [0.05, 0.1) is 17.1 Å². The van der Waals surface area contributed by atoms with Gasteiger partial charge in [-0.05, 0) is 28.1 Å². The van der Waals surface area contributed by atoms with E-state index in [9.17, 15) is 18.0 Å². The first-order chi connectivity index (χ1) is 9.78. The third kappa shape index (κ3) is 4.34. The van der Waals surface area contributed by atoms with Gasteiger partial charge in [-0.2, -0.15) is 13.2 Å². The topological polar surface area (TPSA) is 23.6 Å². The number of halogens is 5. The highest BCUT2D eigenvalue weighted by molar-refractivity contribution is 9.10. The molecule has 116 valence electrons. The molecule has 1 fully saturated rings. The van der Waals surface area contributed by atoms with E-state index in [-0.39, 0.29) is 32.1 Å². The van der Waals surface area contributed by atoms with E-state index in [1.165, 1.54) is 4.90 Å². The Morgan fingerprint density at radius 2 is 1.86 bits per heavy atom. The van der Waals surface area contributed by atoms with E-state index < -0.39 is 12.7 Å². The highest BCUT2D eigenvalue weighted by Gasteiger charge is 2.33. The molecule has 1 saturated heterocycles. The number of alkyl halides is 3. The fourth-order valence-electron chi connectivity index (χ4n) is 2.20. The monoisotopic (exact) mass is 384 g/mol. The Bertz CT molecular complexity index is 531. The van der Waals surface area contributed by atoms with E-state index in [0.717, 1.165) is 0 Å². The van der Waals surface area contributed by atoms with Gasteiger partial charge in [0.2, 0.25) is 0 Å². The summed E-state index contributed by atoms with van der Waals surface area (Å²) in [4.78, 5) is 15.2. The molecule has 1 aliphatic heterocycles. The number of hydrogen-bond donors (Lipinski definition) is 0. The van der Waals surface area contributed by atoms with Crippen molar-refractivity contribution < 1.29 is 18.0 Å². The number of carbonyl (C=O) groups is 1. The number of benzene rings is 1. The van der Waals surface area contributed by atoms with E-state index >= 15 is 0 Å². The van der Waals surface area contributed by atoms with Crippen molar-refractivity contribution in [3.05, 3.63) is 33.3 Å². The molecule has 0 aliphatic carbocycles. The van der Waals surface area contributed by atoms with Gasteiger partial charge >= 0.3 is 6.18 Å². The first kappa shape index (κ1) is 16.6. The van der Waals surface area contributed by atoms with Crippen LogP contribution in [0, 0.1) is 0 Å². The summed E-state index contributed by atoms with van der Waals surface area (Å²) in [6.07, 6.45) is -4.21. The Kier molecular flexibility index (Phi) is 5.16. The zero-order valence-corrected chi connectivity index (χ0v) is 13.3. The molecule has 1 aromatic rings. The van der Waals surface area contributed by atoms with Gasteiger partial charge in [-0.1, -0.05) is 17.7 Å². The molecule has 3 nitrogen and oxygen atoms in total. The van der Waals surface area contributed by atoms with E-state index in [1.807, 2.05) is 0 Å². The third-order valence-electron chi connectivity index (χ3n) is 3.24. The van der Waals surface area contributed by atoms with E-state index in [4.69, 9.17) is 11.6 Å². The summed E-state index contributed by atoms with van der Waals surface area (Å²) in [5, 5.41) is 0.427. The summed E-state index contributed by atoms with van der Waals surface area (Å²) in [5.74, 6) is -0.226. The molecule has 0 atom stereocenters. The summed E-state index contributed by atoms with van der Waals surface area (Å²) in [5.41, 5.74) is 0.423. The molecule has 0 bridgehead atoms. The standard InChI is InChI=1S/C13H13BrClF3N2O/c14-11-9(2-1-3-10(11)15)12(21)20-6-4-19(5-7-20)8-13(16,17)18/h1-3H,4-8H2. The largest absolute Gasteiger partial charge is 0.401 e. The molecule has 1 amide bonds. The number of piperazine rings is 1. The van der Waals surface area contributed by atoms with Crippen LogP contribution < -0.4 is 0 Å². The van der Waals surface area contributed by atoms with Gasteiger partial charge in [0.25, 0.3) is 5.91 Å². The Morgan fingerprint density at radius 1 is 1.24 bits per heavy atom. The van der Waals surface area contributed by atoms with Crippen LogP contribution in [0.15, 0.2) is 22.7 Å². The van der Waals surface area contributed by atoms with Crippen molar-refractivity contribution in [3.63, 3.8) is 0 Å². The smallest absolute Gasteiger partial charge is 0.336 e. The van der Waals surface area contributed by atoms with Crippen molar-refractivity contribution in [1.82, 2.24) is 9.80 Å². The van der Waals surface area contributed by atoms with Crippen LogP contribution in [0.5, 0.6) is 0 Å². The molecule has 21 heavy (non-hydrogen) atoms. The molecule has 1 aromatic carbocycles. The SMILES string of the molecule is O=C(c1cccc(Cl)c1Br)N1CCN(CC(F)(F)F)CC1. The Morgan fingerprint density at radius 3 is 2.43 bits per heavy atom. The Hall–Kier alpha value is -0.790. The minimum absolute atomic E-state index is 0.212. The van der Waals surface area contributed by atoms with Crippen LogP contribution in [0.2, 0.25) is 5.02 Å². The highest BCUT2D eigenvalue weighted by Crippen LogP contribution is 2.27. The van der Waals surface area contributed by atoms with E-state index in [2.05, 4.69) is 15.9 Å². The number of hydrogen-bond acceptors (Lipinski definition) is 2. The van der Waals surface area contributed by atoms with Gasteiger partial charge in [-0.3, -0.25) is 9.69 Å². The van der Waals surface area contributed by atoms with Crippen molar-refractivity contribution in [2.24, 2.45) is 0 Å².